The number of benzene rings is 2. The van der Waals surface area contributed by atoms with Gasteiger partial charge >= 0.3 is 20.8 Å². The van der Waals surface area contributed by atoms with E-state index in [1.54, 1.807) is 30.3 Å². The first-order chi connectivity index (χ1) is 16.0. The van der Waals surface area contributed by atoms with Crippen LogP contribution in [0.25, 0.3) is 10.8 Å². The van der Waals surface area contributed by atoms with E-state index in [-0.39, 0.29) is 26.2 Å². The number of carbonyl (C=O) groups excluding carboxylic acids is 2. The Labute approximate surface area is 196 Å². The van der Waals surface area contributed by atoms with Crippen molar-refractivity contribution in [2.45, 2.75) is 25.7 Å². The third-order valence-electron chi connectivity index (χ3n) is 5.12. The summed E-state index contributed by atoms with van der Waals surface area (Å²) in [4.78, 5) is 27.1. The minimum Gasteiger partial charge on any atom is -0.385 e. The summed E-state index contributed by atoms with van der Waals surface area (Å²) in [5.74, 6) is -0.920. The van der Waals surface area contributed by atoms with Crippen molar-refractivity contribution in [2.75, 3.05) is 31.6 Å². The lowest BCUT2D eigenvalue weighted by molar-refractivity contribution is 0.0605. The number of nitrogens with one attached hydrogen (secondary N) is 1. The summed E-state index contributed by atoms with van der Waals surface area (Å²) < 4.78 is 67.9. The first kappa shape index (κ1) is 26.0. The van der Waals surface area contributed by atoms with Crippen molar-refractivity contribution in [1.82, 2.24) is 4.90 Å². The van der Waals surface area contributed by atoms with Crippen molar-refractivity contribution < 1.29 is 43.9 Å². The van der Waals surface area contributed by atoms with E-state index < -0.39 is 32.6 Å². The van der Waals surface area contributed by atoms with Gasteiger partial charge in [0.05, 0.1) is 13.2 Å². The fraction of sp³-hybridized carbons (Fsp3) is 0.400. The molecule has 12 nitrogen and oxygen atoms in total. The standard InChI is InChI=1S/C20H24N2O10S2/c23-19-15-7-5-6-14-17(21-10-1-3-12-31-33(25,26)27)9-8-16(18(14)15)20(24)22(19)11-2-4-13-32-34(28,29)30/h5-9,21H,1-4,10-13H2,(H,25,26,27)(H,28,29,30). The van der Waals surface area contributed by atoms with Crippen molar-refractivity contribution >= 4 is 49.1 Å². The maximum absolute atomic E-state index is 13.0. The molecule has 0 saturated heterocycles. The number of imide groups is 1. The quantitative estimate of drug-likeness (QED) is 0.202. The van der Waals surface area contributed by atoms with Gasteiger partial charge in [0, 0.05) is 40.7 Å². The lowest BCUT2D eigenvalue weighted by Gasteiger charge is -2.28. The highest BCUT2D eigenvalue weighted by Crippen LogP contribution is 2.34. The summed E-state index contributed by atoms with van der Waals surface area (Å²) in [7, 11) is -8.99. The van der Waals surface area contributed by atoms with Gasteiger partial charge in [0.25, 0.3) is 11.8 Å². The van der Waals surface area contributed by atoms with Crippen molar-refractivity contribution in [3.8, 4) is 0 Å². The number of hydrogen-bond acceptors (Lipinski definition) is 9. The molecule has 0 fully saturated rings. The van der Waals surface area contributed by atoms with Crippen LogP contribution in [0, 0.1) is 0 Å². The van der Waals surface area contributed by atoms with Crippen LogP contribution in [0.15, 0.2) is 30.3 Å². The Kier molecular flexibility index (Phi) is 8.22. The average Bonchev–Trinajstić information content (AvgIpc) is 2.75. The fourth-order valence-electron chi connectivity index (χ4n) is 3.65. The smallest absolute Gasteiger partial charge is 0.385 e. The topological polar surface area (TPSA) is 177 Å². The molecule has 34 heavy (non-hydrogen) atoms. The van der Waals surface area contributed by atoms with Gasteiger partial charge in [0.15, 0.2) is 0 Å². The average molecular weight is 517 g/mol. The first-order valence-corrected chi connectivity index (χ1v) is 13.1. The fourth-order valence-corrected chi connectivity index (χ4v) is 4.31. The Hall–Kier alpha value is -2.62. The molecule has 186 valence electrons. The van der Waals surface area contributed by atoms with Gasteiger partial charge in [-0.25, -0.2) is 8.37 Å². The summed E-state index contributed by atoms with van der Waals surface area (Å²) in [5, 5.41) is 4.42. The molecule has 0 aromatic heterocycles. The monoisotopic (exact) mass is 516 g/mol. The summed E-state index contributed by atoms with van der Waals surface area (Å²) in [6.45, 7) is 0.116. The summed E-state index contributed by atoms with van der Waals surface area (Å²) >= 11 is 0. The van der Waals surface area contributed by atoms with Crippen LogP contribution in [-0.2, 0) is 29.2 Å². The Balaban J connectivity index is 1.67. The number of nitrogens with zero attached hydrogens (tertiary/aromatic N) is 1. The Morgan fingerprint density at radius 2 is 1.38 bits per heavy atom. The van der Waals surface area contributed by atoms with Gasteiger partial charge in [-0.05, 0) is 43.9 Å². The van der Waals surface area contributed by atoms with Crippen LogP contribution in [0.2, 0.25) is 0 Å². The molecule has 0 atom stereocenters. The number of amides is 2. The number of hydrogen-bond donors (Lipinski definition) is 3. The normalized spacial score (nSPS) is 14.1. The van der Waals surface area contributed by atoms with Crippen LogP contribution >= 0.6 is 0 Å². The number of anilines is 1. The maximum Gasteiger partial charge on any atom is 0.397 e. The molecule has 0 bridgehead atoms. The summed E-state index contributed by atoms with van der Waals surface area (Å²) in [6.07, 6.45) is 1.44. The molecule has 0 unspecified atom stereocenters. The van der Waals surface area contributed by atoms with Gasteiger partial charge in [0.2, 0.25) is 0 Å². The molecular formula is C20H24N2O10S2. The van der Waals surface area contributed by atoms with E-state index in [1.807, 2.05) is 0 Å². The Morgan fingerprint density at radius 1 is 0.794 bits per heavy atom. The molecule has 1 heterocycles. The van der Waals surface area contributed by atoms with Gasteiger partial charge < -0.3 is 5.32 Å². The summed E-state index contributed by atoms with van der Waals surface area (Å²) in [5.41, 5.74) is 1.44. The molecule has 3 rings (SSSR count). The number of carbonyl (C=O) groups is 2. The predicted molar refractivity (Wildman–Crippen MR) is 121 cm³/mol. The highest BCUT2D eigenvalue weighted by Gasteiger charge is 2.32. The molecule has 0 aliphatic carbocycles. The van der Waals surface area contributed by atoms with E-state index in [4.69, 9.17) is 9.11 Å². The second-order valence-electron chi connectivity index (χ2n) is 7.49. The molecule has 0 saturated carbocycles. The van der Waals surface area contributed by atoms with Gasteiger partial charge in [-0.3, -0.25) is 23.6 Å². The van der Waals surface area contributed by atoms with Crippen LogP contribution in [0.5, 0.6) is 0 Å². The molecule has 0 radical (unpaired) electrons. The molecule has 2 aromatic rings. The van der Waals surface area contributed by atoms with Gasteiger partial charge in [-0.2, -0.15) is 16.8 Å². The van der Waals surface area contributed by atoms with E-state index >= 15 is 0 Å². The van der Waals surface area contributed by atoms with E-state index in [0.717, 1.165) is 4.90 Å². The zero-order valence-electron chi connectivity index (χ0n) is 18.0. The van der Waals surface area contributed by atoms with Crippen molar-refractivity contribution in [1.29, 1.82) is 0 Å². The van der Waals surface area contributed by atoms with Crippen LogP contribution in [0.1, 0.15) is 46.4 Å². The van der Waals surface area contributed by atoms with Crippen molar-refractivity contribution in [3.05, 3.63) is 41.5 Å². The maximum atomic E-state index is 13.0. The highest BCUT2D eigenvalue weighted by molar-refractivity contribution is 7.81. The number of unbranched alkanes of at least 4 members (excludes halogenated alkanes) is 2. The zero-order valence-corrected chi connectivity index (χ0v) is 19.6. The minimum absolute atomic E-state index is 0.0635. The molecule has 14 heteroatoms. The largest absolute Gasteiger partial charge is 0.397 e. The summed E-state index contributed by atoms with van der Waals surface area (Å²) in [6, 6.07) is 8.47. The third kappa shape index (κ3) is 6.71. The van der Waals surface area contributed by atoms with Crippen molar-refractivity contribution in [3.63, 3.8) is 0 Å². The molecule has 3 N–H and O–H groups in total. The van der Waals surface area contributed by atoms with E-state index in [2.05, 4.69) is 13.7 Å². The molecular weight excluding hydrogens is 492 g/mol. The Morgan fingerprint density at radius 3 is 2.00 bits per heavy atom. The first-order valence-electron chi connectivity index (χ1n) is 10.4. The third-order valence-corrected chi connectivity index (χ3v) is 6.05. The van der Waals surface area contributed by atoms with Crippen LogP contribution < -0.4 is 5.32 Å². The zero-order chi connectivity index (χ0) is 24.9. The lowest BCUT2D eigenvalue weighted by atomic mass is 9.93. The highest BCUT2D eigenvalue weighted by atomic mass is 32.3. The van der Waals surface area contributed by atoms with Crippen LogP contribution in [-0.4, -0.2) is 69.0 Å². The second-order valence-corrected chi connectivity index (χ2v) is 9.67. The van der Waals surface area contributed by atoms with E-state index in [0.29, 0.717) is 53.4 Å². The van der Waals surface area contributed by atoms with Gasteiger partial charge in [0.1, 0.15) is 0 Å². The molecule has 2 aromatic carbocycles. The van der Waals surface area contributed by atoms with E-state index in [1.165, 1.54) is 0 Å². The Bertz CT molecular complexity index is 1270. The second kappa shape index (κ2) is 10.8. The SMILES string of the molecule is O=C1c2cccc3c(NCCCCOS(=O)(=O)O)ccc(c23)C(=O)N1CCCCOS(=O)(=O)O. The minimum atomic E-state index is -4.53. The van der Waals surface area contributed by atoms with Crippen molar-refractivity contribution in [2.24, 2.45) is 0 Å². The van der Waals surface area contributed by atoms with Gasteiger partial charge in [-0.1, -0.05) is 12.1 Å². The molecule has 2 amide bonds. The van der Waals surface area contributed by atoms with E-state index in [9.17, 15) is 26.4 Å². The van der Waals surface area contributed by atoms with Crippen LogP contribution in [0.4, 0.5) is 5.69 Å². The predicted octanol–water partition coefficient (Wildman–Crippen LogP) is 2.05. The molecule has 0 spiro atoms. The lowest BCUT2D eigenvalue weighted by Crippen LogP contribution is -2.41. The molecule has 1 aliphatic rings. The molecule has 1 aliphatic heterocycles. The van der Waals surface area contributed by atoms with Gasteiger partial charge in [-0.15, -0.1) is 0 Å². The van der Waals surface area contributed by atoms with Crippen LogP contribution in [0.3, 0.4) is 0 Å². The number of rotatable bonds is 13.